The van der Waals surface area contributed by atoms with E-state index >= 15 is 0 Å². The number of ether oxygens (including phenoxy) is 1. The average Bonchev–Trinajstić information content (AvgIpc) is 2.90. The van der Waals surface area contributed by atoms with E-state index in [0.717, 1.165) is 25.0 Å². The maximum absolute atomic E-state index is 11.9. The summed E-state index contributed by atoms with van der Waals surface area (Å²) >= 11 is 0. The molecule has 0 aliphatic carbocycles. The van der Waals surface area contributed by atoms with Gasteiger partial charge in [0, 0.05) is 26.7 Å². The Labute approximate surface area is 108 Å². The van der Waals surface area contributed by atoms with Crippen LogP contribution < -0.4 is 5.32 Å². The smallest absolute Gasteiger partial charge is 0.317 e. The molecular weight excluding hydrogens is 228 g/mol. The van der Waals surface area contributed by atoms with Gasteiger partial charge >= 0.3 is 6.03 Å². The lowest BCUT2D eigenvalue weighted by Crippen LogP contribution is -2.40. The molecule has 18 heavy (non-hydrogen) atoms. The van der Waals surface area contributed by atoms with Crippen molar-refractivity contribution in [2.45, 2.75) is 25.5 Å². The molecule has 1 aliphatic heterocycles. The van der Waals surface area contributed by atoms with E-state index < -0.39 is 0 Å². The summed E-state index contributed by atoms with van der Waals surface area (Å²) < 4.78 is 5.47. The third kappa shape index (κ3) is 3.74. The molecule has 4 heteroatoms. The van der Waals surface area contributed by atoms with Crippen LogP contribution in [0.4, 0.5) is 4.79 Å². The molecule has 0 saturated carbocycles. The Morgan fingerprint density at radius 3 is 2.89 bits per heavy atom. The maximum atomic E-state index is 11.9. The molecule has 2 amide bonds. The summed E-state index contributed by atoms with van der Waals surface area (Å²) in [5, 5.41) is 2.91. The summed E-state index contributed by atoms with van der Waals surface area (Å²) in [5.74, 6) is 0. The first kappa shape index (κ1) is 12.9. The molecule has 1 aromatic carbocycles. The molecular formula is C14H20N2O2. The first-order valence-electron chi connectivity index (χ1n) is 6.40. The molecule has 2 rings (SSSR count). The van der Waals surface area contributed by atoms with E-state index in [4.69, 9.17) is 4.74 Å². The van der Waals surface area contributed by atoms with Gasteiger partial charge in [-0.15, -0.1) is 0 Å². The van der Waals surface area contributed by atoms with Gasteiger partial charge in [0.2, 0.25) is 0 Å². The second-order valence-corrected chi connectivity index (χ2v) is 4.66. The van der Waals surface area contributed by atoms with Crippen LogP contribution in [0.1, 0.15) is 18.4 Å². The number of hydrogen-bond donors (Lipinski definition) is 1. The van der Waals surface area contributed by atoms with Gasteiger partial charge < -0.3 is 15.0 Å². The Morgan fingerprint density at radius 2 is 2.22 bits per heavy atom. The third-order valence-electron chi connectivity index (χ3n) is 3.11. The van der Waals surface area contributed by atoms with Crippen molar-refractivity contribution in [2.24, 2.45) is 0 Å². The molecule has 1 fully saturated rings. The normalized spacial score (nSPS) is 18.6. The lowest BCUT2D eigenvalue weighted by molar-refractivity contribution is 0.109. The molecule has 1 unspecified atom stereocenters. The molecule has 1 saturated heterocycles. The van der Waals surface area contributed by atoms with Crippen LogP contribution in [0.25, 0.3) is 0 Å². The number of urea groups is 1. The van der Waals surface area contributed by atoms with Gasteiger partial charge in [-0.25, -0.2) is 4.79 Å². The highest BCUT2D eigenvalue weighted by atomic mass is 16.5. The number of carbonyl (C=O) groups is 1. The Bertz CT molecular complexity index is 375. The van der Waals surface area contributed by atoms with Crippen LogP contribution >= 0.6 is 0 Å². The highest BCUT2D eigenvalue weighted by Gasteiger charge is 2.17. The van der Waals surface area contributed by atoms with Crippen LogP contribution in [-0.4, -0.2) is 37.2 Å². The van der Waals surface area contributed by atoms with Gasteiger partial charge in [-0.3, -0.25) is 0 Å². The van der Waals surface area contributed by atoms with Crippen molar-refractivity contribution in [1.82, 2.24) is 10.2 Å². The molecule has 0 spiro atoms. The second kappa shape index (κ2) is 6.40. The predicted octanol–water partition coefficient (Wildman–Crippen LogP) is 2.01. The predicted molar refractivity (Wildman–Crippen MR) is 70.3 cm³/mol. The van der Waals surface area contributed by atoms with Gasteiger partial charge in [0.15, 0.2) is 0 Å². The van der Waals surface area contributed by atoms with Gasteiger partial charge in [0.25, 0.3) is 0 Å². The van der Waals surface area contributed by atoms with E-state index in [0.29, 0.717) is 13.1 Å². The summed E-state index contributed by atoms with van der Waals surface area (Å²) in [4.78, 5) is 13.5. The Morgan fingerprint density at radius 1 is 1.44 bits per heavy atom. The number of carbonyl (C=O) groups excluding carboxylic acids is 1. The first-order valence-corrected chi connectivity index (χ1v) is 6.40. The number of benzene rings is 1. The Hall–Kier alpha value is -1.55. The number of nitrogens with one attached hydrogen (secondary N) is 1. The molecule has 1 aromatic rings. The van der Waals surface area contributed by atoms with Crippen molar-refractivity contribution in [1.29, 1.82) is 0 Å². The van der Waals surface area contributed by atoms with E-state index in [1.54, 1.807) is 11.9 Å². The fourth-order valence-corrected chi connectivity index (χ4v) is 2.07. The van der Waals surface area contributed by atoms with Crippen LogP contribution in [0.5, 0.6) is 0 Å². The van der Waals surface area contributed by atoms with E-state index in [1.165, 1.54) is 0 Å². The largest absolute Gasteiger partial charge is 0.376 e. The minimum Gasteiger partial charge on any atom is -0.376 e. The first-order chi connectivity index (χ1) is 8.75. The Balaban J connectivity index is 1.74. The van der Waals surface area contributed by atoms with Crippen molar-refractivity contribution in [3.05, 3.63) is 35.9 Å². The van der Waals surface area contributed by atoms with Crippen molar-refractivity contribution in [3.8, 4) is 0 Å². The fraction of sp³-hybridized carbons (Fsp3) is 0.500. The van der Waals surface area contributed by atoms with E-state index in [2.05, 4.69) is 5.32 Å². The standard InChI is InChI=1S/C14H20N2O2/c1-16(11-12-6-3-2-4-7-12)14(17)15-10-13-8-5-9-18-13/h2-4,6-7,13H,5,8-11H2,1H3,(H,15,17). The van der Waals surface area contributed by atoms with Crippen molar-refractivity contribution in [2.75, 3.05) is 20.2 Å². The number of amides is 2. The molecule has 98 valence electrons. The zero-order valence-electron chi connectivity index (χ0n) is 10.8. The van der Waals surface area contributed by atoms with E-state index in [1.807, 2.05) is 30.3 Å². The van der Waals surface area contributed by atoms with Gasteiger partial charge in [-0.2, -0.15) is 0 Å². The number of rotatable bonds is 4. The summed E-state index contributed by atoms with van der Waals surface area (Å²) in [6.45, 7) is 2.05. The summed E-state index contributed by atoms with van der Waals surface area (Å²) in [6, 6.07) is 9.92. The summed E-state index contributed by atoms with van der Waals surface area (Å²) in [6.07, 6.45) is 2.34. The van der Waals surface area contributed by atoms with Crippen LogP contribution in [-0.2, 0) is 11.3 Å². The molecule has 4 nitrogen and oxygen atoms in total. The van der Waals surface area contributed by atoms with Crippen molar-refractivity contribution >= 4 is 6.03 Å². The zero-order valence-corrected chi connectivity index (χ0v) is 10.8. The highest BCUT2D eigenvalue weighted by molar-refractivity contribution is 5.73. The van der Waals surface area contributed by atoms with Gasteiger partial charge in [-0.05, 0) is 18.4 Å². The topological polar surface area (TPSA) is 41.6 Å². The van der Waals surface area contributed by atoms with Crippen LogP contribution in [0, 0.1) is 0 Å². The minimum atomic E-state index is -0.0469. The lowest BCUT2D eigenvalue weighted by Gasteiger charge is -2.19. The monoisotopic (exact) mass is 248 g/mol. The molecule has 1 N–H and O–H groups in total. The van der Waals surface area contributed by atoms with Gasteiger partial charge in [0.05, 0.1) is 6.10 Å². The maximum Gasteiger partial charge on any atom is 0.317 e. The molecule has 1 aliphatic rings. The van der Waals surface area contributed by atoms with Crippen LogP contribution in [0.15, 0.2) is 30.3 Å². The molecule has 1 atom stereocenters. The zero-order chi connectivity index (χ0) is 12.8. The van der Waals surface area contributed by atoms with Gasteiger partial charge in [-0.1, -0.05) is 30.3 Å². The Kier molecular flexibility index (Phi) is 4.59. The molecule has 1 heterocycles. The highest BCUT2D eigenvalue weighted by Crippen LogP contribution is 2.10. The quantitative estimate of drug-likeness (QED) is 0.885. The third-order valence-corrected chi connectivity index (χ3v) is 3.11. The average molecular weight is 248 g/mol. The minimum absolute atomic E-state index is 0.0469. The van der Waals surface area contributed by atoms with Gasteiger partial charge in [0.1, 0.15) is 0 Å². The lowest BCUT2D eigenvalue weighted by atomic mass is 10.2. The summed E-state index contributed by atoms with van der Waals surface area (Å²) in [5.41, 5.74) is 1.13. The van der Waals surface area contributed by atoms with Crippen LogP contribution in [0.2, 0.25) is 0 Å². The number of hydrogen-bond acceptors (Lipinski definition) is 2. The van der Waals surface area contributed by atoms with Crippen molar-refractivity contribution in [3.63, 3.8) is 0 Å². The number of nitrogens with zero attached hydrogens (tertiary/aromatic N) is 1. The van der Waals surface area contributed by atoms with Crippen LogP contribution in [0.3, 0.4) is 0 Å². The fourth-order valence-electron chi connectivity index (χ4n) is 2.07. The molecule has 0 radical (unpaired) electrons. The van der Waals surface area contributed by atoms with Crippen molar-refractivity contribution < 1.29 is 9.53 Å². The SMILES string of the molecule is CN(Cc1ccccc1)C(=O)NCC1CCCO1. The molecule has 0 aromatic heterocycles. The summed E-state index contributed by atoms with van der Waals surface area (Å²) in [7, 11) is 1.80. The van der Waals surface area contributed by atoms with E-state index in [9.17, 15) is 4.79 Å². The molecule has 0 bridgehead atoms. The van der Waals surface area contributed by atoms with E-state index in [-0.39, 0.29) is 12.1 Å². The second-order valence-electron chi connectivity index (χ2n) is 4.66.